The smallest absolute Gasteiger partial charge is 0.305 e. The molecule has 0 heterocycles. The number of esters is 1. The monoisotopic (exact) mass is 284 g/mol. The lowest BCUT2D eigenvalue weighted by molar-refractivity contribution is -0.140. The van der Waals surface area contributed by atoms with Gasteiger partial charge in [0, 0.05) is 6.42 Å². The minimum Gasteiger partial charge on any atom is -0.469 e. The molecule has 0 unspecified atom stereocenters. The van der Waals surface area contributed by atoms with Crippen LogP contribution >= 0.6 is 0 Å². The highest BCUT2D eigenvalue weighted by Gasteiger charge is 2.13. The molecule has 0 fully saturated rings. The molecule has 0 bridgehead atoms. The van der Waals surface area contributed by atoms with Gasteiger partial charge in [0.05, 0.1) is 18.6 Å². The van der Waals surface area contributed by atoms with Gasteiger partial charge in [-0.25, -0.2) is 8.42 Å². The molecule has 4 nitrogen and oxygen atoms in total. The van der Waals surface area contributed by atoms with E-state index in [4.69, 9.17) is 0 Å². The molecule has 0 saturated heterocycles. The summed E-state index contributed by atoms with van der Waals surface area (Å²) in [6.45, 7) is 3.89. The van der Waals surface area contributed by atoms with Gasteiger partial charge in [-0.05, 0) is 25.8 Å². The molecular formula is C14H20O4S. The van der Waals surface area contributed by atoms with Gasteiger partial charge >= 0.3 is 5.97 Å². The molecular weight excluding hydrogens is 264 g/mol. The number of methoxy groups -OCH3 is 1. The molecule has 1 aromatic carbocycles. The third-order valence-electron chi connectivity index (χ3n) is 2.73. The van der Waals surface area contributed by atoms with Crippen molar-refractivity contribution >= 4 is 15.8 Å². The van der Waals surface area contributed by atoms with E-state index in [9.17, 15) is 13.2 Å². The maximum absolute atomic E-state index is 11.9. The van der Waals surface area contributed by atoms with Crippen LogP contribution in [0.3, 0.4) is 0 Å². The number of hydrogen-bond donors (Lipinski definition) is 0. The molecule has 0 atom stereocenters. The second kappa shape index (κ2) is 6.70. The average molecular weight is 284 g/mol. The van der Waals surface area contributed by atoms with E-state index in [2.05, 4.69) is 4.74 Å². The van der Waals surface area contributed by atoms with Crippen molar-refractivity contribution in [2.75, 3.05) is 12.9 Å². The zero-order chi connectivity index (χ0) is 14.5. The van der Waals surface area contributed by atoms with Crippen LogP contribution in [0.2, 0.25) is 0 Å². The number of sulfone groups is 1. The fourth-order valence-electron chi connectivity index (χ4n) is 2.02. The Hall–Kier alpha value is -1.36. The Kier molecular flexibility index (Phi) is 5.54. The summed E-state index contributed by atoms with van der Waals surface area (Å²) < 4.78 is 28.4. The summed E-state index contributed by atoms with van der Waals surface area (Å²) in [4.78, 5) is 10.9. The van der Waals surface area contributed by atoms with E-state index in [1.165, 1.54) is 7.11 Å². The number of carbonyl (C=O) groups excluding carboxylic acids is 1. The summed E-state index contributed by atoms with van der Waals surface area (Å²) in [5.41, 5.74) is 2.91. The largest absolute Gasteiger partial charge is 0.469 e. The Morgan fingerprint density at radius 2 is 1.74 bits per heavy atom. The highest BCUT2D eigenvalue weighted by atomic mass is 32.2. The molecule has 0 aliphatic carbocycles. The lowest BCUT2D eigenvalue weighted by Crippen LogP contribution is -2.11. The second-order valence-corrected chi connectivity index (χ2v) is 6.95. The number of carbonyl (C=O) groups is 1. The second-order valence-electron chi connectivity index (χ2n) is 4.77. The third kappa shape index (κ3) is 5.87. The van der Waals surface area contributed by atoms with Crippen molar-refractivity contribution in [3.05, 3.63) is 34.9 Å². The molecule has 0 aromatic heterocycles. The van der Waals surface area contributed by atoms with E-state index >= 15 is 0 Å². The lowest BCUT2D eigenvalue weighted by Gasteiger charge is -2.06. The quantitative estimate of drug-likeness (QED) is 0.751. The van der Waals surface area contributed by atoms with E-state index < -0.39 is 9.84 Å². The highest BCUT2D eigenvalue weighted by Crippen LogP contribution is 2.13. The summed E-state index contributed by atoms with van der Waals surface area (Å²) in [6, 6.07) is 5.77. The summed E-state index contributed by atoms with van der Waals surface area (Å²) in [7, 11) is -1.88. The van der Waals surface area contributed by atoms with Gasteiger partial charge in [-0.3, -0.25) is 4.79 Å². The van der Waals surface area contributed by atoms with Crippen molar-refractivity contribution in [3.63, 3.8) is 0 Å². The van der Waals surface area contributed by atoms with Crippen molar-refractivity contribution in [2.24, 2.45) is 0 Å². The molecule has 0 spiro atoms. The predicted molar refractivity (Wildman–Crippen MR) is 74.7 cm³/mol. The summed E-state index contributed by atoms with van der Waals surface area (Å²) in [5.74, 6) is -0.340. The number of ether oxygens (including phenoxy) is 1. The van der Waals surface area contributed by atoms with Gasteiger partial charge in [0.25, 0.3) is 0 Å². The van der Waals surface area contributed by atoms with E-state index in [1.807, 2.05) is 32.0 Å². The lowest BCUT2D eigenvalue weighted by atomic mass is 10.1. The van der Waals surface area contributed by atoms with Gasteiger partial charge in [-0.15, -0.1) is 0 Å². The first-order chi connectivity index (χ1) is 8.82. The van der Waals surface area contributed by atoms with Gasteiger partial charge < -0.3 is 4.74 Å². The zero-order valence-electron chi connectivity index (χ0n) is 11.6. The van der Waals surface area contributed by atoms with Crippen molar-refractivity contribution in [2.45, 2.75) is 32.4 Å². The van der Waals surface area contributed by atoms with Crippen LogP contribution in [-0.2, 0) is 25.1 Å². The minimum absolute atomic E-state index is 0.00902. The fourth-order valence-corrected chi connectivity index (χ4v) is 3.42. The Bertz CT molecular complexity index is 526. The average Bonchev–Trinajstić information content (AvgIpc) is 2.26. The molecule has 0 amide bonds. The fraction of sp³-hybridized carbons (Fsp3) is 0.500. The number of aryl methyl sites for hydroxylation is 2. The van der Waals surface area contributed by atoms with Crippen molar-refractivity contribution in [1.82, 2.24) is 0 Å². The van der Waals surface area contributed by atoms with Gasteiger partial charge in [-0.1, -0.05) is 29.3 Å². The third-order valence-corrected chi connectivity index (χ3v) is 4.42. The van der Waals surface area contributed by atoms with Gasteiger partial charge in [-0.2, -0.15) is 0 Å². The molecule has 5 heteroatoms. The molecule has 1 rings (SSSR count). The minimum atomic E-state index is -3.18. The Morgan fingerprint density at radius 1 is 1.16 bits per heavy atom. The summed E-state index contributed by atoms with van der Waals surface area (Å²) >= 11 is 0. The maximum atomic E-state index is 11.9. The molecule has 0 N–H and O–H groups in total. The van der Waals surface area contributed by atoms with Gasteiger partial charge in [0.15, 0.2) is 9.84 Å². The number of benzene rings is 1. The van der Waals surface area contributed by atoms with E-state index in [0.717, 1.165) is 16.7 Å². The summed E-state index contributed by atoms with van der Waals surface area (Å²) in [5, 5.41) is 0. The predicted octanol–water partition coefficient (Wildman–Crippen LogP) is 2.17. The Labute approximate surface area is 114 Å². The summed E-state index contributed by atoms with van der Waals surface area (Å²) in [6.07, 6.45) is 0.447. The normalized spacial score (nSPS) is 11.3. The first-order valence-electron chi connectivity index (χ1n) is 6.17. The first kappa shape index (κ1) is 15.7. The van der Waals surface area contributed by atoms with Crippen LogP contribution in [0, 0.1) is 13.8 Å². The highest BCUT2D eigenvalue weighted by molar-refractivity contribution is 7.90. The van der Waals surface area contributed by atoms with E-state index in [-0.39, 0.29) is 23.9 Å². The molecule has 1 aromatic rings. The first-order valence-corrected chi connectivity index (χ1v) is 7.99. The number of hydrogen-bond acceptors (Lipinski definition) is 4. The Morgan fingerprint density at radius 3 is 2.26 bits per heavy atom. The van der Waals surface area contributed by atoms with Crippen molar-refractivity contribution in [3.8, 4) is 0 Å². The topological polar surface area (TPSA) is 60.4 Å². The standard InChI is InChI=1S/C14H20O4S/c1-11-7-12(2)9-13(8-11)10-19(16,17)6-4-5-14(15)18-3/h7-9H,4-6,10H2,1-3H3. The van der Waals surface area contributed by atoms with Gasteiger partial charge in [0.2, 0.25) is 0 Å². The molecule has 106 valence electrons. The van der Waals surface area contributed by atoms with E-state index in [1.54, 1.807) is 0 Å². The van der Waals surface area contributed by atoms with Crippen molar-refractivity contribution < 1.29 is 17.9 Å². The van der Waals surface area contributed by atoms with Crippen LogP contribution < -0.4 is 0 Å². The maximum Gasteiger partial charge on any atom is 0.305 e. The van der Waals surface area contributed by atoms with Crippen molar-refractivity contribution in [1.29, 1.82) is 0 Å². The van der Waals surface area contributed by atoms with Crippen LogP contribution in [0.4, 0.5) is 0 Å². The molecule has 0 radical (unpaired) electrons. The van der Waals surface area contributed by atoms with Crippen LogP contribution in [0.15, 0.2) is 18.2 Å². The molecule has 0 aliphatic heterocycles. The molecule has 0 aliphatic rings. The van der Waals surface area contributed by atoms with Crippen LogP contribution in [0.25, 0.3) is 0 Å². The molecule has 0 saturated carbocycles. The van der Waals surface area contributed by atoms with Gasteiger partial charge in [0.1, 0.15) is 0 Å². The zero-order valence-corrected chi connectivity index (χ0v) is 12.4. The van der Waals surface area contributed by atoms with Crippen LogP contribution in [-0.4, -0.2) is 27.2 Å². The Balaban J connectivity index is 2.61. The molecule has 19 heavy (non-hydrogen) atoms. The SMILES string of the molecule is COC(=O)CCCS(=O)(=O)Cc1cc(C)cc(C)c1. The number of rotatable bonds is 6. The van der Waals surface area contributed by atoms with Crippen LogP contribution in [0.5, 0.6) is 0 Å². The van der Waals surface area contributed by atoms with Crippen LogP contribution in [0.1, 0.15) is 29.5 Å². The van der Waals surface area contributed by atoms with E-state index in [0.29, 0.717) is 6.42 Å².